The highest BCUT2D eigenvalue weighted by Crippen LogP contribution is 2.48. The quantitative estimate of drug-likeness (QED) is 0.159. The van der Waals surface area contributed by atoms with Crippen LogP contribution >= 0.6 is 0 Å². The molecule has 0 fully saturated rings. The van der Waals surface area contributed by atoms with Gasteiger partial charge in [-0.05, 0) is 134 Å². The van der Waals surface area contributed by atoms with Crippen LogP contribution in [-0.4, -0.2) is 16.2 Å². The third kappa shape index (κ3) is 8.87. The van der Waals surface area contributed by atoms with Crippen LogP contribution in [0.25, 0.3) is 49.9 Å². The van der Waals surface area contributed by atoms with Crippen LogP contribution in [0.3, 0.4) is 0 Å². The number of aromatic nitrogens is 2. The number of hydrogen-bond acceptors (Lipinski definition) is 4. The van der Waals surface area contributed by atoms with Crippen LogP contribution in [0.15, 0.2) is 164 Å². The van der Waals surface area contributed by atoms with Gasteiger partial charge in [-0.2, -0.15) is 0 Å². The van der Waals surface area contributed by atoms with Crippen molar-refractivity contribution < 1.29 is 8.85 Å². The van der Waals surface area contributed by atoms with Gasteiger partial charge in [0.1, 0.15) is 24.0 Å². The molecule has 0 saturated carbocycles. The summed E-state index contributed by atoms with van der Waals surface area (Å²) in [5.41, 5.74) is 15.2. The van der Waals surface area contributed by atoms with Crippen LogP contribution < -0.4 is 14.5 Å². The molecule has 0 aliphatic carbocycles. The summed E-state index contributed by atoms with van der Waals surface area (Å²) >= 11 is 0. The molecular formula is C65H68N4O. The van der Waals surface area contributed by atoms with E-state index in [1.165, 1.54) is 33.5 Å². The maximum atomic E-state index is 8.72. The third-order valence-corrected chi connectivity index (χ3v) is 14.0. The molecule has 0 radical (unpaired) electrons. The Bertz CT molecular complexity index is 3540. The van der Waals surface area contributed by atoms with Gasteiger partial charge in [-0.3, -0.25) is 4.57 Å². The summed E-state index contributed by atoms with van der Waals surface area (Å²) in [5.74, 6) is 1.88. The largest absolute Gasteiger partial charge is 0.457 e. The fourth-order valence-corrected chi connectivity index (χ4v) is 9.74. The van der Waals surface area contributed by atoms with E-state index < -0.39 is 6.85 Å². The van der Waals surface area contributed by atoms with Gasteiger partial charge in [0.05, 0.1) is 22.4 Å². The Morgan fingerprint density at radius 3 is 1.74 bits per heavy atom. The predicted octanol–water partition coefficient (Wildman–Crippen LogP) is 18.1. The fourth-order valence-electron chi connectivity index (χ4n) is 9.74. The van der Waals surface area contributed by atoms with Gasteiger partial charge in [0.2, 0.25) is 0 Å². The predicted molar refractivity (Wildman–Crippen MR) is 298 cm³/mol. The number of benzene rings is 7. The van der Waals surface area contributed by atoms with Crippen molar-refractivity contribution in [2.24, 2.45) is 0 Å². The lowest BCUT2D eigenvalue weighted by Crippen LogP contribution is -2.25. The zero-order valence-electron chi connectivity index (χ0n) is 46.0. The smallest absolute Gasteiger partial charge is 0.137 e. The molecule has 0 atom stereocenters. The highest BCUT2D eigenvalue weighted by Gasteiger charge is 2.31. The van der Waals surface area contributed by atoms with Crippen LogP contribution in [0.1, 0.15) is 115 Å². The monoisotopic (exact) mass is 924 g/mol. The van der Waals surface area contributed by atoms with E-state index in [9.17, 15) is 0 Å². The lowest BCUT2D eigenvalue weighted by Gasteiger charge is -2.29. The van der Waals surface area contributed by atoms with Crippen molar-refractivity contribution in [3.8, 4) is 39.6 Å². The Kier molecular flexibility index (Phi) is 10.5. The molecular weight excluding hydrogens is 853 g/mol. The molecule has 5 heteroatoms. The van der Waals surface area contributed by atoms with Crippen LogP contribution in [0.5, 0.6) is 11.5 Å². The average molecular weight is 924 g/mol. The van der Waals surface area contributed by atoms with Gasteiger partial charge in [0.25, 0.3) is 0 Å². The van der Waals surface area contributed by atoms with Gasteiger partial charge < -0.3 is 14.5 Å². The van der Waals surface area contributed by atoms with E-state index in [0.29, 0.717) is 29.5 Å². The second-order valence-corrected chi connectivity index (χ2v) is 23.4. The second kappa shape index (κ2) is 17.1. The van der Waals surface area contributed by atoms with Crippen LogP contribution in [0, 0.1) is 6.85 Å². The Labute approximate surface area is 420 Å². The zero-order chi connectivity index (χ0) is 52.0. The molecule has 0 amide bonds. The summed E-state index contributed by atoms with van der Waals surface area (Å²) in [5, 5.41) is 2.05. The highest BCUT2D eigenvalue weighted by molar-refractivity contribution is 6.09. The number of fused-ring (bicyclic) bond motifs is 4. The Morgan fingerprint density at radius 2 is 1.06 bits per heavy atom. The average Bonchev–Trinajstić information content (AvgIpc) is 3.88. The minimum atomic E-state index is -2.39. The number of rotatable bonds is 7. The van der Waals surface area contributed by atoms with Gasteiger partial charge >= 0.3 is 0 Å². The summed E-state index contributed by atoms with van der Waals surface area (Å²) < 4.78 is 35.1. The summed E-state index contributed by atoms with van der Waals surface area (Å²) in [6.07, 6.45) is 1.72. The van der Waals surface area contributed by atoms with Crippen molar-refractivity contribution in [3.05, 3.63) is 192 Å². The van der Waals surface area contributed by atoms with Crippen LogP contribution in [0.2, 0.25) is 0 Å². The summed E-state index contributed by atoms with van der Waals surface area (Å²) in [6, 6.07) is 55.5. The number of nitrogens with zero attached hydrogens (tertiary/aromatic N) is 4. The minimum Gasteiger partial charge on any atom is -0.457 e. The molecule has 0 spiro atoms. The van der Waals surface area contributed by atoms with Crippen LogP contribution in [0.4, 0.5) is 22.7 Å². The van der Waals surface area contributed by atoms with Gasteiger partial charge in [0.15, 0.2) is 0 Å². The molecule has 70 heavy (non-hydrogen) atoms. The van der Waals surface area contributed by atoms with E-state index in [1.54, 1.807) is 12.3 Å². The van der Waals surface area contributed by atoms with Crippen molar-refractivity contribution in [3.63, 3.8) is 0 Å². The van der Waals surface area contributed by atoms with E-state index >= 15 is 0 Å². The number of pyridine rings is 1. The first kappa shape index (κ1) is 43.0. The zero-order valence-corrected chi connectivity index (χ0v) is 43.0. The molecule has 0 saturated heterocycles. The van der Waals surface area contributed by atoms with Gasteiger partial charge in [-0.25, -0.2) is 4.98 Å². The van der Waals surface area contributed by atoms with Crippen molar-refractivity contribution in [2.45, 2.75) is 112 Å². The van der Waals surface area contributed by atoms with Crippen molar-refractivity contribution in [2.75, 3.05) is 16.5 Å². The van der Waals surface area contributed by atoms with Crippen LogP contribution in [-0.2, 0) is 21.7 Å². The molecule has 2 aromatic heterocycles. The molecule has 0 bridgehead atoms. The molecule has 9 aromatic rings. The number of ether oxygens (including phenoxy) is 1. The molecule has 5 nitrogen and oxygen atoms in total. The number of para-hydroxylation sites is 1. The minimum absolute atomic E-state index is 0.0263. The molecule has 354 valence electrons. The Morgan fingerprint density at radius 1 is 0.457 bits per heavy atom. The molecule has 7 aromatic carbocycles. The first-order valence-corrected chi connectivity index (χ1v) is 24.7. The van der Waals surface area contributed by atoms with Crippen molar-refractivity contribution in [1.82, 2.24) is 9.55 Å². The van der Waals surface area contributed by atoms with E-state index in [-0.39, 0.29) is 27.2 Å². The molecule has 1 aliphatic rings. The summed E-state index contributed by atoms with van der Waals surface area (Å²) in [7, 11) is 0. The number of anilines is 4. The molecule has 0 unspecified atom stereocenters. The molecule has 10 rings (SSSR count). The first-order chi connectivity index (χ1) is 34.3. The lowest BCUT2D eigenvalue weighted by atomic mass is 9.80. The summed E-state index contributed by atoms with van der Waals surface area (Å²) in [4.78, 5) is 9.87. The maximum absolute atomic E-state index is 8.72. The van der Waals surface area contributed by atoms with Gasteiger partial charge in [-0.1, -0.05) is 168 Å². The second-order valence-electron chi connectivity index (χ2n) is 23.4. The highest BCUT2D eigenvalue weighted by atomic mass is 16.5. The Hall–Kier alpha value is -7.11. The van der Waals surface area contributed by atoms with E-state index in [1.807, 2.05) is 42.5 Å². The molecule has 1 aliphatic heterocycles. The molecule has 0 N–H and O–H groups in total. The van der Waals surface area contributed by atoms with E-state index in [4.69, 9.17) is 13.8 Å². The van der Waals surface area contributed by atoms with E-state index in [2.05, 4.69) is 207 Å². The van der Waals surface area contributed by atoms with Crippen molar-refractivity contribution in [1.29, 1.82) is 0 Å². The van der Waals surface area contributed by atoms with Gasteiger partial charge in [-0.15, -0.1) is 0 Å². The Balaban J connectivity index is 1.04. The normalized spacial score (nSPS) is 14.2. The summed E-state index contributed by atoms with van der Waals surface area (Å²) in [6.45, 7) is 25.3. The van der Waals surface area contributed by atoms with Crippen molar-refractivity contribution >= 4 is 44.6 Å². The van der Waals surface area contributed by atoms with E-state index in [0.717, 1.165) is 50.0 Å². The maximum Gasteiger partial charge on any atom is 0.137 e. The first-order valence-electron chi connectivity index (χ1n) is 26.2. The third-order valence-electron chi connectivity index (χ3n) is 14.0. The SMILES string of the molecule is [2H]C([2H])([2H])c1cc(-n2c3ccccc3c3ccc(Oc4cccc(N5CN(c6cc(C(C)(C)C)cc(C(C)(C)C)c6)c6cc(-c7cccc(C(C)(C)C)c7)ccc65)c4)cc32)ncc1-c1cccc(C(C)(C)C)c1. The lowest BCUT2D eigenvalue weighted by molar-refractivity contribution is 0.483. The fraction of sp³-hybridized carbons (Fsp3) is 0.277. The van der Waals surface area contributed by atoms with Gasteiger partial charge in [0, 0.05) is 50.2 Å². The molecule has 3 heterocycles. The number of hydrogen-bond donors (Lipinski definition) is 0. The number of aryl methyl sites for hydroxylation is 1. The standard InChI is InChI=1S/C65H68N4O/c1-42-31-61(66-40-56(42)45-20-17-22-47(33-45)63(5,6)7)69-57-26-15-14-25-54(57)55-29-28-53(39-59(55)69)70-52-24-18-23-50(38-52)67-41-68(51-36-48(64(8,9)10)35-49(37-51)65(11,12)13)60-34-44(27-30-58(60)67)43-19-16-21-46(32-43)62(2,3)4/h14-40H,41H2,1-13H3/i1D3. The topological polar surface area (TPSA) is 33.5 Å².